The van der Waals surface area contributed by atoms with Crippen LogP contribution >= 0.6 is 0 Å². The maximum absolute atomic E-state index is 9.34. The summed E-state index contributed by atoms with van der Waals surface area (Å²) in [6.07, 6.45) is 0. The summed E-state index contributed by atoms with van der Waals surface area (Å²) in [5, 5.41) is 7.81. The number of carbonyl (C=O) groups is 1. The quantitative estimate of drug-likeness (QED) is 0.552. The summed E-state index contributed by atoms with van der Waals surface area (Å²) in [6.45, 7) is 0. The fourth-order valence-electron chi connectivity index (χ4n) is 0. The summed E-state index contributed by atoms with van der Waals surface area (Å²) in [5.41, 5.74) is 0. The molecule has 2 nitrogen and oxygen atoms in total. The van der Waals surface area contributed by atoms with Crippen molar-refractivity contribution in [2.24, 2.45) is 0 Å². The molecule has 0 heterocycles. The SMILES string of the molecule is O=C(O)[CH2][Rh]. The molecule has 0 aliphatic rings. The van der Waals surface area contributed by atoms with Gasteiger partial charge in [0.15, 0.2) is 0 Å². The number of aliphatic carboxylic acids is 1. The van der Waals surface area contributed by atoms with Gasteiger partial charge in [0.25, 0.3) is 0 Å². The average molecular weight is 162 g/mol. The Morgan fingerprint density at radius 2 is 2.20 bits per heavy atom. The van der Waals surface area contributed by atoms with E-state index in [4.69, 9.17) is 5.11 Å². The van der Waals surface area contributed by atoms with Crippen molar-refractivity contribution in [3.8, 4) is 0 Å². The second kappa shape index (κ2) is 2.34. The number of hydrogen-bond donors (Lipinski definition) is 1. The van der Waals surface area contributed by atoms with Crippen molar-refractivity contribution in [2.75, 3.05) is 0 Å². The predicted molar refractivity (Wildman–Crippen MR) is 12.4 cm³/mol. The molecule has 0 aromatic heterocycles. The molecular formula is C2H3O2Rh. The molecule has 0 atom stereocenters. The van der Waals surface area contributed by atoms with E-state index in [9.17, 15) is 4.79 Å². The summed E-state index contributed by atoms with van der Waals surface area (Å²) in [7, 11) is 0. The monoisotopic (exact) mass is 162 g/mol. The minimum absolute atomic E-state index is 0.112. The van der Waals surface area contributed by atoms with Gasteiger partial charge in [-0.2, -0.15) is 0 Å². The van der Waals surface area contributed by atoms with Crippen molar-refractivity contribution in [2.45, 2.75) is 5.02 Å². The van der Waals surface area contributed by atoms with Gasteiger partial charge in [0.05, 0.1) is 0 Å². The van der Waals surface area contributed by atoms with Crippen LogP contribution in [0.1, 0.15) is 0 Å². The molecule has 0 unspecified atom stereocenters. The first kappa shape index (κ1) is 5.09. The van der Waals surface area contributed by atoms with Crippen LogP contribution in [0.3, 0.4) is 0 Å². The van der Waals surface area contributed by atoms with Crippen LogP contribution in [0.25, 0.3) is 0 Å². The Hall–Kier alpha value is 0.0934. The van der Waals surface area contributed by atoms with E-state index in [0.717, 1.165) is 0 Å². The van der Waals surface area contributed by atoms with Gasteiger partial charge in [-0.25, -0.2) is 0 Å². The first-order chi connectivity index (χ1) is 2.27. The summed E-state index contributed by atoms with van der Waals surface area (Å²) in [5.74, 6) is -0.794. The Morgan fingerprint density at radius 3 is 2.20 bits per heavy atom. The van der Waals surface area contributed by atoms with Gasteiger partial charge in [0, 0.05) is 0 Å². The van der Waals surface area contributed by atoms with Gasteiger partial charge in [-0.05, 0) is 0 Å². The fourth-order valence-corrected chi connectivity index (χ4v) is 0. The number of hydrogen-bond acceptors (Lipinski definition) is 1. The molecule has 0 saturated heterocycles. The molecule has 32 valence electrons. The zero-order chi connectivity index (χ0) is 4.28. The topological polar surface area (TPSA) is 37.3 Å². The van der Waals surface area contributed by atoms with Gasteiger partial charge in [0.1, 0.15) is 0 Å². The van der Waals surface area contributed by atoms with E-state index in [1.54, 1.807) is 0 Å². The van der Waals surface area contributed by atoms with E-state index in [2.05, 4.69) is 18.3 Å². The molecule has 0 aliphatic carbocycles. The second-order valence-electron chi connectivity index (χ2n) is 0.512. The molecule has 1 N–H and O–H groups in total. The van der Waals surface area contributed by atoms with Gasteiger partial charge in [0.2, 0.25) is 0 Å². The van der Waals surface area contributed by atoms with Crippen LogP contribution in [0.4, 0.5) is 0 Å². The van der Waals surface area contributed by atoms with Crippen LogP contribution in [0.15, 0.2) is 0 Å². The summed E-state index contributed by atoms with van der Waals surface area (Å²) >= 11 is 2.25. The Kier molecular flexibility index (Phi) is 2.38. The second-order valence-corrected chi connectivity index (χ2v) is 1.09. The molecule has 0 radical (unpaired) electrons. The number of rotatable bonds is 1. The van der Waals surface area contributed by atoms with Gasteiger partial charge in [-0.15, -0.1) is 0 Å². The van der Waals surface area contributed by atoms with Crippen LogP contribution in [0.2, 0.25) is 5.02 Å². The van der Waals surface area contributed by atoms with Gasteiger partial charge >= 0.3 is 39.2 Å². The Labute approximate surface area is 39.9 Å². The third-order valence-corrected chi connectivity index (χ3v) is 0.596. The molecule has 0 aliphatic heterocycles. The van der Waals surface area contributed by atoms with Crippen molar-refractivity contribution in [1.29, 1.82) is 0 Å². The zero-order valence-electron chi connectivity index (χ0n) is 2.40. The summed E-state index contributed by atoms with van der Waals surface area (Å²) < 4.78 is 0. The Bertz CT molecular complexity index is 42.9. The van der Waals surface area contributed by atoms with Crippen LogP contribution in [-0.4, -0.2) is 11.1 Å². The van der Waals surface area contributed by atoms with E-state index >= 15 is 0 Å². The van der Waals surface area contributed by atoms with Gasteiger partial charge < -0.3 is 0 Å². The predicted octanol–water partition coefficient (Wildman–Crippen LogP) is 0.0361. The van der Waals surface area contributed by atoms with Gasteiger partial charge in [-0.3, -0.25) is 0 Å². The van der Waals surface area contributed by atoms with Crippen molar-refractivity contribution in [1.82, 2.24) is 0 Å². The average Bonchev–Trinajstić information content (AvgIpc) is 1.38. The first-order valence-electron chi connectivity index (χ1n) is 1.02. The number of carboxylic acids is 1. The van der Waals surface area contributed by atoms with Crippen LogP contribution < -0.4 is 0 Å². The molecule has 0 rings (SSSR count). The van der Waals surface area contributed by atoms with Crippen LogP contribution in [-0.2, 0) is 23.1 Å². The molecular weight excluding hydrogens is 159 g/mol. The standard InChI is InChI=1S/C2H3O2.Rh/c1-2(3)4;/h1H2,(H,3,4);. The first-order valence-corrected chi connectivity index (χ1v) is 2.18. The maximum atomic E-state index is 9.34. The summed E-state index contributed by atoms with van der Waals surface area (Å²) in [4.78, 5) is 9.34. The van der Waals surface area contributed by atoms with Crippen LogP contribution in [0, 0.1) is 0 Å². The van der Waals surface area contributed by atoms with Gasteiger partial charge in [-0.1, -0.05) is 0 Å². The molecule has 0 spiro atoms. The van der Waals surface area contributed by atoms with E-state index in [1.807, 2.05) is 0 Å². The fraction of sp³-hybridized carbons (Fsp3) is 0.500. The molecule has 0 fully saturated rings. The summed E-state index contributed by atoms with van der Waals surface area (Å²) in [6, 6.07) is 0. The van der Waals surface area contributed by atoms with E-state index in [1.165, 1.54) is 0 Å². The normalized spacial score (nSPS) is 7.60. The minimum atomic E-state index is -0.794. The number of carboxylic acid groups (broad SMARTS) is 1. The third kappa shape index (κ3) is 4.09. The van der Waals surface area contributed by atoms with Crippen molar-refractivity contribution in [3.05, 3.63) is 0 Å². The molecule has 0 saturated carbocycles. The Morgan fingerprint density at radius 1 is 2.00 bits per heavy atom. The van der Waals surface area contributed by atoms with E-state index < -0.39 is 5.97 Å². The third-order valence-electron chi connectivity index (χ3n) is 0.101. The molecule has 0 aromatic carbocycles. The van der Waals surface area contributed by atoms with Crippen molar-refractivity contribution >= 4 is 5.97 Å². The van der Waals surface area contributed by atoms with E-state index in [0.29, 0.717) is 0 Å². The Balaban J connectivity index is 2.85. The van der Waals surface area contributed by atoms with Crippen molar-refractivity contribution < 1.29 is 28.2 Å². The molecule has 0 aromatic rings. The molecule has 3 heteroatoms. The molecule has 0 amide bonds. The zero-order valence-corrected chi connectivity index (χ0v) is 4.03. The molecule has 0 bridgehead atoms. The molecule has 5 heavy (non-hydrogen) atoms. The van der Waals surface area contributed by atoms with Crippen molar-refractivity contribution in [3.63, 3.8) is 0 Å². The van der Waals surface area contributed by atoms with E-state index in [-0.39, 0.29) is 5.02 Å². The van der Waals surface area contributed by atoms with Crippen LogP contribution in [0.5, 0.6) is 0 Å².